The summed E-state index contributed by atoms with van der Waals surface area (Å²) in [6, 6.07) is 0. The van der Waals surface area contributed by atoms with Crippen LogP contribution in [0.15, 0.2) is 12.2 Å². The number of hydrogen-bond donors (Lipinski definition) is 4. The summed E-state index contributed by atoms with van der Waals surface area (Å²) < 4.78 is 7.99. The van der Waals surface area contributed by atoms with Crippen LogP contribution in [0.1, 0.15) is 13.3 Å². The lowest BCUT2D eigenvalue weighted by Crippen LogP contribution is -2.16. The van der Waals surface area contributed by atoms with E-state index >= 15 is 0 Å². The maximum atomic E-state index is 9.21. The lowest BCUT2D eigenvalue weighted by Gasteiger charge is -2.09. The molecule has 1 unspecified atom stereocenters. The van der Waals surface area contributed by atoms with Gasteiger partial charge in [0.25, 0.3) is 0 Å². The molecule has 0 saturated carbocycles. The molecule has 0 amide bonds. The molecule has 0 aromatic rings. The van der Waals surface area contributed by atoms with Crippen molar-refractivity contribution in [1.82, 2.24) is 0 Å². The van der Waals surface area contributed by atoms with Gasteiger partial charge in [-0.05, 0) is 13.3 Å². The summed E-state index contributed by atoms with van der Waals surface area (Å²) in [5, 5.41) is 32.5. The fourth-order valence-corrected chi connectivity index (χ4v) is 0.820. The predicted octanol–water partition coefficient (Wildman–Crippen LogP) is 0.681. The summed E-state index contributed by atoms with van der Waals surface area (Å²) in [6.07, 6.45) is -3.55. The fourth-order valence-electron chi connectivity index (χ4n) is 0.820. The lowest BCUT2D eigenvalue weighted by atomic mass is 10.1. The maximum absolute atomic E-state index is 9.21. The van der Waals surface area contributed by atoms with E-state index in [4.69, 9.17) is 20.1 Å². The van der Waals surface area contributed by atoms with Crippen LogP contribution >= 0.6 is 0 Å². The van der Waals surface area contributed by atoms with Crippen molar-refractivity contribution in [3.05, 3.63) is 12.2 Å². The van der Waals surface area contributed by atoms with Gasteiger partial charge in [0.2, 0.25) is 0 Å². The largest absolute Gasteiger partial charge is 0.516 e. The van der Waals surface area contributed by atoms with Gasteiger partial charge >= 0.3 is 12.3 Å². The summed E-state index contributed by atoms with van der Waals surface area (Å²) in [7, 11) is 0. The molecule has 18 heavy (non-hydrogen) atoms. The molecule has 0 aromatic heterocycles. The highest BCUT2D eigenvalue weighted by atomic mass is 16.7. The van der Waals surface area contributed by atoms with E-state index in [1.54, 1.807) is 0 Å². The van der Waals surface area contributed by atoms with Gasteiger partial charge in [-0.3, -0.25) is 0 Å². The molecule has 106 valence electrons. The van der Waals surface area contributed by atoms with Crippen LogP contribution in [0.5, 0.6) is 0 Å². The van der Waals surface area contributed by atoms with Crippen LogP contribution in [-0.2, 0) is 9.47 Å². The van der Waals surface area contributed by atoms with Gasteiger partial charge in [-0.2, -0.15) is 0 Å². The minimum Gasteiger partial charge on any atom is -0.449 e. The van der Waals surface area contributed by atoms with E-state index < -0.39 is 18.4 Å². The van der Waals surface area contributed by atoms with Gasteiger partial charge < -0.3 is 29.9 Å². The number of carboxylic acid groups (broad SMARTS) is 2. The third-order valence-corrected chi connectivity index (χ3v) is 1.30. The first kappa shape index (κ1) is 18.7. The van der Waals surface area contributed by atoms with Gasteiger partial charge in [0, 0.05) is 0 Å². The zero-order valence-electron chi connectivity index (χ0n) is 10.0. The van der Waals surface area contributed by atoms with Crippen LogP contribution in [0.25, 0.3) is 0 Å². The lowest BCUT2D eigenvalue weighted by molar-refractivity contribution is 0.0218. The van der Waals surface area contributed by atoms with Gasteiger partial charge in [-0.1, -0.05) is 5.57 Å². The SMILES string of the molecule is C=C(C)CC(O)COCCO.O=C(O)OC(=O)O. The maximum Gasteiger partial charge on any atom is 0.516 e. The smallest absolute Gasteiger partial charge is 0.449 e. The first-order chi connectivity index (χ1) is 8.29. The second-order valence-electron chi connectivity index (χ2n) is 3.25. The quantitative estimate of drug-likeness (QED) is 0.239. The van der Waals surface area contributed by atoms with E-state index in [0.717, 1.165) is 5.57 Å². The Labute approximate surface area is 104 Å². The van der Waals surface area contributed by atoms with Crippen molar-refractivity contribution < 1.29 is 39.5 Å². The van der Waals surface area contributed by atoms with E-state index in [2.05, 4.69) is 11.3 Å². The van der Waals surface area contributed by atoms with Crippen molar-refractivity contribution in [2.75, 3.05) is 19.8 Å². The van der Waals surface area contributed by atoms with Crippen molar-refractivity contribution in [1.29, 1.82) is 0 Å². The molecule has 0 bridgehead atoms. The average Bonchev–Trinajstić information content (AvgIpc) is 2.15. The molecule has 0 rings (SSSR count). The molecule has 0 fully saturated rings. The number of aliphatic hydroxyl groups is 2. The van der Waals surface area contributed by atoms with E-state index in [9.17, 15) is 14.7 Å². The molecular formula is C10H18O8. The fraction of sp³-hybridized carbons (Fsp3) is 0.600. The summed E-state index contributed by atoms with van der Waals surface area (Å²) >= 11 is 0. The van der Waals surface area contributed by atoms with Crippen LogP contribution in [-0.4, -0.2) is 58.7 Å². The first-order valence-electron chi connectivity index (χ1n) is 4.94. The molecule has 1 atom stereocenters. The monoisotopic (exact) mass is 266 g/mol. The molecule has 0 heterocycles. The summed E-state index contributed by atoms with van der Waals surface area (Å²) in [5.74, 6) is 0. The number of ether oxygens (including phenoxy) is 2. The van der Waals surface area contributed by atoms with Gasteiger partial charge in [0.1, 0.15) is 0 Å². The Morgan fingerprint density at radius 1 is 1.28 bits per heavy atom. The van der Waals surface area contributed by atoms with Gasteiger partial charge in [-0.25, -0.2) is 9.59 Å². The zero-order chi connectivity index (χ0) is 14.6. The van der Waals surface area contributed by atoms with Crippen LogP contribution in [0.2, 0.25) is 0 Å². The van der Waals surface area contributed by atoms with Crippen molar-refractivity contribution in [3.63, 3.8) is 0 Å². The Morgan fingerprint density at radius 2 is 1.78 bits per heavy atom. The minimum atomic E-state index is -1.81. The number of hydrogen-bond acceptors (Lipinski definition) is 6. The Kier molecular flexibility index (Phi) is 12.3. The molecule has 8 nitrogen and oxygen atoms in total. The molecule has 0 saturated heterocycles. The van der Waals surface area contributed by atoms with E-state index in [-0.39, 0.29) is 19.8 Å². The van der Waals surface area contributed by atoms with Crippen molar-refractivity contribution in [2.45, 2.75) is 19.4 Å². The third kappa shape index (κ3) is 19.9. The second kappa shape index (κ2) is 11.8. The highest BCUT2D eigenvalue weighted by molar-refractivity contribution is 5.74. The Hall–Kier alpha value is -1.64. The van der Waals surface area contributed by atoms with Gasteiger partial charge in [0.05, 0.1) is 25.9 Å². The number of rotatable bonds is 6. The normalized spacial score (nSPS) is 10.8. The third-order valence-electron chi connectivity index (χ3n) is 1.30. The second-order valence-corrected chi connectivity index (χ2v) is 3.25. The van der Waals surface area contributed by atoms with Crippen molar-refractivity contribution in [3.8, 4) is 0 Å². The summed E-state index contributed by atoms with van der Waals surface area (Å²) in [4.78, 5) is 18.4. The molecular weight excluding hydrogens is 248 g/mol. The highest BCUT2D eigenvalue weighted by Crippen LogP contribution is 2.01. The van der Waals surface area contributed by atoms with Gasteiger partial charge in [-0.15, -0.1) is 6.58 Å². The molecule has 0 aromatic carbocycles. The zero-order valence-corrected chi connectivity index (χ0v) is 10.0. The van der Waals surface area contributed by atoms with E-state index in [1.165, 1.54) is 0 Å². The van der Waals surface area contributed by atoms with E-state index in [0.29, 0.717) is 6.42 Å². The van der Waals surface area contributed by atoms with Crippen molar-refractivity contribution in [2.24, 2.45) is 0 Å². The first-order valence-corrected chi connectivity index (χ1v) is 4.94. The van der Waals surface area contributed by atoms with Crippen LogP contribution in [0, 0.1) is 0 Å². The minimum absolute atomic E-state index is 0.000207. The molecule has 0 aliphatic carbocycles. The Balaban J connectivity index is 0. The molecule has 0 aliphatic heterocycles. The molecule has 0 radical (unpaired) electrons. The molecule has 0 aliphatic rings. The van der Waals surface area contributed by atoms with Gasteiger partial charge in [0.15, 0.2) is 0 Å². The number of aliphatic hydroxyl groups excluding tert-OH is 2. The van der Waals surface area contributed by atoms with Crippen molar-refractivity contribution >= 4 is 12.3 Å². The summed E-state index contributed by atoms with van der Waals surface area (Å²) in [5.41, 5.74) is 0.935. The Bertz CT molecular complexity index is 251. The topological polar surface area (TPSA) is 134 Å². The molecule has 0 spiro atoms. The number of carbonyl (C=O) groups is 2. The van der Waals surface area contributed by atoms with Crippen LogP contribution < -0.4 is 0 Å². The van der Waals surface area contributed by atoms with Crippen LogP contribution in [0.4, 0.5) is 9.59 Å². The Morgan fingerprint density at radius 3 is 2.06 bits per heavy atom. The molecule has 8 heteroatoms. The molecule has 4 N–H and O–H groups in total. The summed E-state index contributed by atoms with van der Waals surface area (Å²) in [6.45, 7) is 6.07. The van der Waals surface area contributed by atoms with Crippen LogP contribution in [0.3, 0.4) is 0 Å². The standard InChI is InChI=1S/C8H16O3.C2H2O5/c1-7(2)5-8(10)6-11-4-3-9;3-1(4)7-2(5)6/h8-10H,1,3-6H2,2H3;(H,3,4)(H,5,6). The average molecular weight is 266 g/mol. The van der Waals surface area contributed by atoms with E-state index in [1.807, 2.05) is 6.92 Å². The predicted molar refractivity (Wildman–Crippen MR) is 60.5 cm³/mol. The highest BCUT2D eigenvalue weighted by Gasteiger charge is 2.03.